The zero-order valence-electron chi connectivity index (χ0n) is 24.0. The summed E-state index contributed by atoms with van der Waals surface area (Å²) in [5, 5.41) is 6.14. The van der Waals surface area contributed by atoms with Crippen LogP contribution in [0, 0.1) is 0 Å². The molecule has 1 aliphatic rings. The van der Waals surface area contributed by atoms with E-state index in [1.54, 1.807) is 70.7 Å². The van der Waals surface area contributed by atoms with Crippen LogP contribution in [0.3, 0.4) is 0 Å². The van der Waals surface area contributed by atoms with Gasteiger partial charge in [-0.15, -0.1) is 0 Å². The van der Waals surface area contributed by atoms with Crippen LogP contribution in [-0.2, 0) is 19.1 Å². The van der Waals surface area contributed by atoms with Gasteiger partial charge in [-0.1, -0.05) is 0 Å². The first-order chi connectivity index (χ1) is 18.1. The predicted molar refractivity (Wildman–Crippen MR) is 149 cm³/mol. The van der Waals surface area contributed by atoms with Crippen LogP contribution in [0.1, 0.15) is 64.9 Å². The SMILES string of the molecule is CN1CCN(C(=O)CC[C@H](NC(=O)OC(C)(C)C)C(=O)Nc2ccc3[nH]c(C(=O)OC(C)(C)C)cc3c2)CC1. The minimum absolute atomic E-state index is 0.0599. The Morgan fingerprint density at radius 3 is 2.21 bits per heavy atom. The van der Waals surface area contributed by atoms with Crippen molar-refractivity contribution in [2.75, 3.05) is 38.5 Å². The number of amides is 3. The molecule has 3 amide bonds. The molecule has 0 bridgehead atoms. The van der Waals surface area contributed by atoms with Gasteiger partial charge in [0.1, 0.15) is 22.9 Å². The Labute approximate surface area is 229 Å². The minimum atomic E-state index is -0.990. The van der Waals surface area contributed by atoms with Gasteiger partial charge in [0.05, 0.1) is 0 Å². The molecule has 0 saturated carbocycles. The van der Waals surface area contributed by atoms with Crippen molar-refractivity contribution in [2.24, 2.45) is 0 Å². The van der Waals surface area contributed by atoms with Crippen LogP contribution in [0.25, 0.3) is 10.9 Å². The number of aromatic nitrogens is 1. The molecule has 1 atom stereocenters. The van der Waals surface area contributed by atoms with Crippen molar-refractivity contribution >= 4 is 40.5 Å². The van der Waals surface area contributed by atoms with E-state index in [0.29, 0.717) is 35.4 Å². The van der Waals surface area contributed by atoms with Crippen molar-refractivity contribution in [3.05, 3.63) is 30.0 Å². The van der Waals surface area contributed by atoms with Gasteiger partial charge in [-0.2, -0.15) is 0 Å². The molecule has 1 saturated heterocycles. The number of hydrogen-bond acceptors (Lipinski definition) is 7. The Hall–Kier alpha value is -3.60. The summed E-state index contributed by atoms with van der Waals surface area (Å²) < 4.78 is 10.8. The smallest absolute Gasteiger partial charge is 0.408 e. The number of fused-ring (bicyclic) bond motifs is 1. The first-order valence-corrected chi connectivity index (χ1v) is 13.2. The second-order valence-corrected chi connectivity index (χ2v) is 11.9. The average Bonchev–Trinajstić information content (AvgIpc) is 3.23. The number of alkyl carbamates (subject to hydrolysis) is 1. The summed E-state index contributed by atoms with van der Waals surface area (Å²) in [6, 6.07) is 5.82. The normalized spacial score (nSPS) is 15.5. The highest BCUT2D eigenvalue weighted by Gasteiger charge is 2.27. The molecule has 3 rings (SSSR count). The van der Waals surface area contributed by atoms with Gasteiger partial charge in [0.2, 0.25) is 11.8 Å². The Bertz CT molecular complexity index is 1200. The molecular formula is C28H41N5O6. The first-order valence-electron chi connectivity index (χ1n) is 13.2. The van der Waals surface area contributed by atoms with E-state index in [-0.39, 0.29) is 18.7 Å². The molecule has 1 aromatic carbocycles. The monoisotopic (exact) mass is 543 g/mol. The number of rotatable bonds is 7. The second kappa shape index (κ2) is 12.1. The molecule has 11 nitrogen and oxygen atoms in total. The summed E-state index contributed by atoms with van der Waals surface area (Å²) in [5.74, 6) is -1.01. The number of piperazine rings is 1. The molecule has 1 aliphatic heterocycles. The quantitative estimate of drug-likeness (QED) is 0.455. The number of esters is 1. The fraction of sp³-hybridized carbons (Fsp3) is 0.571. The van der Waals surface area contributed by atoms with E-state index in [4.69, 9.17) is 9.47 Å². The third-order valence-corrected chi connectivity index (χ3v) is 6.02. The van der Waals surface area contributed by atoms with Crippen LogP contribution in [0.5, 0.6) is 0 Å². The van der Waals surface area contributed by atoms with Crippen LogP contribution in [0.2, 0.25) is 0 Å². The number of aromatic amines is 1. The molecule has 0 unspecified atom stereocenters. The van der Waals surface area contributed by atoms with E-state index in [0.717, 1.165) is 13.1 Å². The van der Waals surface area contributed by atoms with Crippen LogP contribution in [-0.4, -0.2) is 89.1 Å². The van der Waals surface area contributed by atoms with Gasteiger partial charge < -0.3 is 34.9 Å². The lowest BCUT2D eigenvalue weighted by Gasteiger charge is -2.32. The summed E-state index contributed by atoms with van der Waals surface area (Å²) in [6.45, 7) is 13.4. The summed E-state index contributed by atoms with van der Waals surface area (Å²) in [5.41, 5.74) is 0.107. The number of hydrogen-bond donors (Lipinski definition) is 3. The Kier molecular flexibility index (Phi) is 9.26. The lowest BCUT2D eigenvalue weighted by Crippen LogP contribution is -2.49. The minimum Gasteiger partial charge on any atom is -0.455 e. The zero-order chi connectivity index (χ0) is 29.0. The van der Waals surface area contributed by atoms with Crippen molar-refractivity contribution in [3.63, 3.8) is 0 Å². The number of carbonyl (C=O) groups is 4. The van der Waals surface area contributed by atoms with Gasteiger partial charge in [-0.05, 0) is 79.3 Å². The first kappa shape index (κ1) is 29.9. The molecule has 0 spiro atoms. The van der Waals surface area contributed by atoms with E-state index >= 15 is 0 Å². The van der Waals surface area contributed by atoms with Gasteiger partial charge >= 0.3 is 12.1 Å². The van der Waals surface area contributed by atoms with Gasteiger partial charge in [0, 0.05) is 49.2 Å². The van der Waals surface area contributed by atoms with E-state index in [1.165, 1.54) is 0 Å². The van der Waals surface area contributed by atoms with E-state index in [9.17, 15) is 19.2 Å². The fourth-order valence-electron chi connectivity index (χ4n) is 4.08. The van der Waals surface area contributed by atoms with Gasteiger partial charge in [0.25, 0.3) is 0 Å². The largest absolute Gasteiger partial charge is 0.455 e. The van der Waals surface area contributed by atoms with Gasteiger partial charge in [-0.3, -0.25) is 9.59 Å². The van der Waals surface area contributed by atoms with Crippen molar-refractivity contribution in [2.45, 2.75) is 71.6 Å². The highest BCUT2D eigenvalue weighted by molar-refractivity contribution is 6.00. The van der Waals surface area contributed by atoms with Crippen LogP contribution in [0.15, 0.2) is 24.3 Å². The summed E-state index contributed by atoms with van der Waals surface area (Å²) >= 11 is 0. The molecule has 2 aromatic rings. The van der Waals surface area contributed by atoms with Crippen LogP contribution >= 0.6 is 0 Å². The third-order valence-electron chi connectivity index (χ3n) is 6.02. The molecule has 3 N–H and O–H groups in total. The molecule has 0 aliphatic carbocycles. The number of nitrogens with one attached hydrogen (secondary N) is 3. The van der Waals surface area contributed by atoms with E-state index in [1.807, 2.05) is 7.05 Å². The molecule has 2 heterocycles. The van der Waals surface area contributed by atoms with E-state index < -0.39 is 35.2 Å². The van der Waals surface area contributed by atoms with Gasteiger partial charge in [0.15, 0.2) is 0 Å². The Morgan fingerprint density at radius 2 is 1.59 bits per heavy atom. The predicted octanol–water partition coefficient (Wildman–Crippen LogP) is 3.51. The molecule has 11 heteroatoms. The number of benzene rings is 1. The standard InChI is InChI=1S/C28H41N5O6/c1-27(2,3)38-25(36)22-17-18-16-19(8-9-20(18)30-22)29-24(35)21(31-26(37)39-28(4,5)6)10-11-23(34)33-14-12-32(7)13-15-33/h8-9,16-17,21,30H,10-15H2,1-7H3,(H,29,35)(H,31,37)/t21-/m0/s1. The topological polar surface area (TPSA) is 133 Å². The third kappa shape index (κ3) is 9.27. The summed E-state index contributed by atoms with van der Waals surface area (Å²) in [4.78, 5) is 57.9. The zero-order valence-corrected chi connectivity index (χ0v) is 24.0. The maximum Gasteiger partial charge on any atom is 0.408 e. The van der Waals surface area contributed by atoms with Crippen molar-refractivity contribution in [1.82, 2.24) is 20.1 Å². The number of ether oxygens (including phenoxy) is 2. The lowest BCUT2D eigenvalue weighted by molar-refractivity contribution is -0.133. The van der Waals surface area contributed by atoms with E-state index in [2.05, 4.69) is 20.5 Å². The molecule has 1 fully saturated rings. The maximum atomic E-state index is 13.3. The summed E-state index contributed by atoms with van der Waals surface area (Å²) in [7, 11) is 2.01. The van der Waals surface area contributed by atoms with Gasteiger partial charge in [-0.25, -0.2) is 9.59 Å². The Balaban J connectivity index is 1.71. The number of likely N-dealkylation sites (N-methyl/N-ethyl adjacent to an activating group) is 1. The molecule has 1 aromatic heterocycles. The molecule has 39 heavy (non-hydrogen) atoms. The molecule has 214 valence electrons. The Morgan fingerprint density at radius 1 is 0.949 bits per heavy atom. The fourth-order valence-corrected chi connectivity index (χ4v) is 4.08. The second-order valence-electron chi connectivity index (χ2n) is 11.9. The number of H-pyrrole nitrogens is 1. The lowest BCUT2D eigenvalue weighted by atomic mass is 10.1. The van der Waals surface area contributed by atoms with Crippen LogP contribution < -0.4 is 10.6 Å². The van der Waals surface area contributed by atoms with Crippen LogP contribution in [0.4, 0.5) is 10.5 Å². The maximum absolute atomic E-state index is 13.3. The average molecular weight is 544 g/mol. The number of anilines is 1. The molecular weight excluding hydrogens is 502 g/mol. The molecule has 0 radical (unpaired) electrons. The van der Waals surface area contributed by atoms with Crippen molar-refractivity contribution in [1.29, 1.82) is 0 Å². The highest BCUT2D eigenvalue weighted by Crippen LogP contribution is 2.22. The number of carbonyl (C=O) groups excluding carboxylic acids is 4. The van der Waals surface area contributed by atoms with Crippen molar-refractivity contribution in [3.8, 4) is 0 Å². The highest BCUT2D eigenvalue weighted by atomic mass is 16.6. The number of nitrogens with zero attached hydrogens (tertiary/aromatic N) is 2. The summed E-state index contributed by atoms with van der Waals surface area (Å²) in [6.07, 6.45) is -0.517. The van der Waals surface area contributed by atoms with Crippen molar-refractivity contribution < 1.29 is 28.7 Å².